The lowest BCUT2D eigenvalue weighted by molar-refractivity contribution is -0.387. The first-order valence-corrected chi connectivity index (χ1v) is 12.9. The standard InChI is InChI=1S/C22H24N6O9S2/c23-13(22(34)35)4-6-18(29)26-14(20(32)24-10-19(30)31)11-39-16-5-3-12(8-15(16)28(36)37)9-25-27-21(33)17-2-1-7-38-17/h1-3,5,7-9,13-14H,4,6,10-11,23H2,(H,24,32)(H,26,29)(H,27,33)(H,30,31)(H,34,35)/b25-9+/t13-,14-/m0/s1. The third kappa shape index (κ3) is 10.5. The fourth-order valence-corrected chi connectivity index (χ4v) is 4.47. The highest BCUT2D eigenvalue weighted by molar-refractivity contribution is 7.99. The number of thioether (sulfide) groups is 1. The molecular formula is C22H24N6O9S2. The van der Waals surface area contributed by atoms with E-state index in [1.54, 1.807) is 17.5 Å². The molecule has 0 spiro atoms. The summed E-state index contributed by atoms with van der Waals surface area (Å²) in [4.78, 5) is 69.9. The number of amides is 3. The van der Waals surface area contributed by atoms with Gasteiger partial charge in [-0.15, -0.1) is 23.1 Å². The van der Waals surface area contributed by atoms with Crippen molar-refractivity contribution < 1.29 is 39.1 Å². The highest BCUT2D eigenvalue weighted by atomic mass is 32.2. The molecule has 2 aromatic rings. The van der Waals surface area contributed by atoms with Crippen LogP contribution in [-0.2, 0) is 19.2 Å². The molecule has 15 nitrogen and oxygen atoms in total. The maximum absolute atomic E-state index is 12.5. The van der Waals surface area contributed by atoms with Crippen molar-refractivity contribution in [2.75, 3.05) is 12.3 Å². The second-order valence-electron chi connectivity index (χ2n) is 7.69. The van der Waals surface area contributed by atoms with Crippen LogP contribution in [0.1, 0.15) is 28.1 Å². The summed E-state index contributed by atoms with van der Waals surface area (Å²) < 4.78 is 0. The Balaban J connectivity index is 2.10. The van der Waals surface area contributed by atoms with E-state index in [0.717, 1.165) is 11.8 Å². The summed E-state index contributed by atoms with van der Waals surface area (Å²) in [5.41, 5.74) is 7.65. The Morgan fingerprint density at radius 1 is 1.21 bits per heavy atom. The Hall–Kier alpha value is -4.35. The molecule has 0 aliphatic rings. The highest BCUT2D eigenvalue weighted by Crippen LogP contribution is 2.30. The van der Waals surface area contributed by atoms with Crippen molar-refractivity contribution in [2.45, 2.75) is 29.8 Å². The zero-order valence-corrected chi connectivity index (χ0v) is 21.7. The number of nitrogens with zero attached hydrogens (tertiary/aromatic N) is 2. The summed E-state index contributed by atoms with van der Waals surface area (Å²) in [5, 5.41) is 39.3. The molecule has 1 aromatic carbocycles. The van der Waals surface area contributed by atoms with Crippen LogP contribution in [0.3, 0.4) is 0 Å². The normalized spacial score (nSPS) is 12.3. The number of hydrogen-bond donors (Lipinski definition) is 6. The average molecular weight is 581 g/mol. The van der Waals surface area contributed by atoms with E-state index < -0.39 is 53.2 Å². The van der Waals surface area contributed by atoms with E-state index in [2.05, 4.69) is 21.2 Å². The number of carboxylic acid groups (broad SMARTS) is 2. The van der Waals surface area contributed by atoms with Crippen molar-refractivity contribution in [1.82, 2.24) is 16.1 Å². The number of thiophene rings is 1. The number of nitro benzene ring substituents is 1. The van der Waals surface area contributed by atoms with Gasteiger partial charge >= 0.3 is 11.9 Å². The molecule has 0 radical (unpaired) electrons. The Labute approximate surface area is 229 Å². The maximum Gasteiger partial charge on any atom is 0.322 e. The molecule has 0 saturated heterocycles. The molecule has 0 aliphatic carbocycles. The summed E-state index contributed by atoms with van der Waals surface area (Å²) in [7, 11) is 0. The number of carbonyl (C=O) groups excluding carboxylic acids is 3. The molecule has 7 N–H and O–H groups in total. The predicted octanol–water partition coefficient (Wildman–Crippen LogP) is 0.390. The van der Waals surface area contributed by atoms with Crippen molar-refractivity contribution in [3.05, 3.63) is 56.3 Å². The minimum atomic E-state index is -1.33. The number of carboxylic acids is 2. The Morgan fingerprint density at radius 3 is 2.56 bits per heavy atom. The van der Waals surface area contributed by atoms with Crippen LogP contribution < -0.4 is 21.8 Å². The number of nitrogens with one attached hydrogen (secondary N) is 3. The molecule has 2 atom stereocenters. The average Bonchev–Trinajstić information content (AvgIpc) is 3.43. The van der Waals surface area contributed by atoms with E-state index in [9.17, 15) is 34.1 Å². The molecule has 1 aromatic heterocycles. The van der Waals surface area contributed by atoms with Gasteiger partial charge in [0.1, 0.15) is 18.6 Å². The summed E-state index contributed by atoms with van der Waals surface area (Å²) in [5.74, 6) is -4.86. The number of benzene rings is 1. The number of hydrogen-bond acceptors (Lipinski definition) is 11. The lowest BCUT2D eigenvalue weighted by Gasteiger charge is -2.18. The van der Waals surface area contributed by atoms with Crippen LogP contribution in [-0.4, -0.2) is 75.4 Å². The van der Waals surface area contributed by atoms with Crippen LogP contribution in [0, 0.1) is 10.1 Å². The number of carbonyl (C=O) groups is 5. The van der Waals surface area contributed by atoms with E-state index >= 15 is 0 Å². The first kappa shape index (κ1) is 30.9. The highest BCUT2D eigenvalue weighted by Gasteiger charge is 2.24. The van der Waals surface area contributed by atoms with Gasteiger partial charge in [-0.05, 0) is 23.9 Å². The number of nitrogens with two attached hydrogens (primary N) is 1. The number of aliphatic carboxylic acids is 2. The van der Waals surface area contributed by atoms with E-state index in [1.165, 1.54) is 35.8 Å². The van der Waals surface area contributed by atoms with Gasteiger partial charge in [-0.2, -0.15) is 5.10 Å². The van der Waals surface area contributed by atoms with Crippen molar-refractivity contribution in [3.63, 3.8) is 0 Å². The van der Waals surface area contributed by atoms with Gasteiger partial charge in [-0.3, -0.25) is 34.1 Å². The molecule has 0 fully saturated rings. The molecule has 3 amide bonds. The molecule has 208 valence electrons. The molecule has 0 aliphatic heterocycles. The minimum Gasteiger partial charge on any atom is -0.480 e. The molecule has 1 heterocycles. The van der Waals surface area contributed by atoms with Gasteiger partial charge in [0.05, 0.1) is 20.9 Å². The first-order valence-electron chi connectivity index (χ1n) is 11.0. The fraction of sp³-hybridized carbons (Fsp3) is 0.273. The van der Waals surface area contributed by atoms with Crippen LogP contribution in [0.25, 0.3) is 0 Å². The summed E-state index contributed by atoms with van der Waals surface area (Å²) in [6.45, 7) is -0.725. The lowest BCUT2D eigenvalue weighted by atomic mass is 10.1. The quantitative estimate of drug-likeness (QED) is 0.0728. The van der Waals surface area contributed by atoms with Gasteiger partial charge in [-0.1, -0.05) is 12.1 Å². The second-order valence-corrected chi connectivity index (χ2v) is 9.70. The van der Waals surface area contributed by atoms with E-state index in [0.29, 0.717) is 10.4 Å². The van der Waals surface area contributed by atoms with Crippen LogP contribution in [0.2, 0.25) is 0 Å². The fourth-order valence-electron chi connectivity index (χ4n) is 2.83. The Bertz CT molecular complexity index is 1250. The number of rotatable bonds is 15. The van der Waals surface area contributed by atoms with E-state index in [1.807, 2.05) is 0 Å². The molecule has 0 saturated carbocycles. The zero-order chi connectivity index (χ0) is 28.9. The smallest absolute Gasteiger partial charge is 0.322 e. The summed E-state index contributed by atoms with van der Waals surface area (Å²) in [6, 6.07) is 4.80. The molecule has 2 rings (SSSR count). The van der Waals surface area contributed by atoms with Crippen LogP contribution >= 0.6 is 23.1 Å². The molecule has 0 bridgehead atoms. The van der Waals surface area contributed by atoms with Gasteiger partial charge < -0.3 is 26.6 Å². The monoisotopic (exact) mass is 580 g/mol. The molecular weight excluding hydrogens is 556 g/mol. The SMILES string of the molecule is N[C@@H](CCC(=O)N[C@@H](CSc1ccc(/C=N/NC(=O)c2cccs2)cc1[N+](=O)[O-])C(=O)NCC(=O)O)C(=O)O. The third-order valence-electron chi connectivity index (χ3n) is 4.78. The number of hydrazone groups is 1. The van der Waals surface area contributed by atoms with Gasteiger partial charge in [0.2, 0.25) is 11.8 Å². The molecule has 0 unspecified atom stereocenters. The van der Waals surface area contributed by atoms with Crippen molar-refractivity contribution in [3.8, 4) is 0 Å². The Morgan fingerprint density at radius 2 is 1.95 bits per heavy atom. The number of nitro groups is 1. The zero-order valence-electron chi connectivity index (χ0n) is 20.1. The van der Waals surface area contributed by atoms with Gasteiger partial charge in [0.15, 0.2) is 0 Å². The van der Waals surface area contributed by atoms with Crippen LogP contribution in [0.5, 0.6) is 0 Å². The topological polar surface area (TPSA) is 243 Å². The van der Waals surface area contributed by atoms with Gasteiger partial charge in [-0.25, -0.2) is 5.43 Å². The third-order valence-corrected chi connectivity index (χ3v) is 6.80. The van der Waals surface area contributed by atoms with Crippen LogP contribution in [0.15, 0.2) is 45.7 Å². The maximum atomic E-state index is 12.5. The first-order chi connectivity index (χ1) is 18.5. The van der Waals surface area contributed by atoms with Gasteiger partial charge in [0, 0.05) is 23.8 Å². The second kappa shape index (κ2) is 15.2. The minimum absolute atomic E-state index is 0.137. The van der Waals surface area contributed by atoms with Crippen molar-refractivity contribution in [2.24, 2.45) is 10.8 Å². The molecule has 39 heavy (non-hydrogen) atoms. The van der Waals surface area contributed by atoms with E-state index in [4.69, 9.17) is 15.9 Å². The van der Waals surface area contributed by atoms with Gasteiger partial charge in [0.25, 0.3) is 11.6 Å². The largest absolute Gasteiger partial charge is 0.480 e. The summed E-state index contributed by atoms with van der Waals surface area (Å²) in [6.07, 6.45) is 0.690. The lowest BCUT2D eigenvalue weighted by Crippen LogP contribution is -2.49. The Kier molecular flexibility index (Phi) is 12.0. The van der Waals surface area contributed by atoms with Crippen molar-refractivity contribution >= 4 is 64.7 Å². The summed E-state index contributed by atoms with van der Waals surface area (Å²) >= 11 is 2.07. The van der Waals surface area contributed by atoms with Crippen molar-refractivity contribution in [1.29, 1.82) is 0 Å². The van der Waals surface area contributed by atoms with E-state index in [-0.39, 0.29) is 29.2 Å². The van der Waals surface area contributed by atoms with Crippen LogP contribution in [0.4, 0.5) is 5.69 Å². The molecule has 17 heteroatoms. The predicted molar refractivity (Wildman–Crippen MR) is 141 cm³/mol.